The summed E-state index contributed by atoms with van der Waals surface area (Å²) in [5, 5.41) is 10.3. The molecule has 2 aliphatic rings. The summed E-state index contributed by atoms with van der Waals surface area (Å²) in [6.07, 6.45) is -6.21. The first-order chi connectivity index (χ1) is 20.4. The van der Waals surface area contributed by atoms with E-state index in [1.54, 1.807) is 19.1 Å². The predicted octanol–water partition coefficient (Wildman–Crippen LogP) is 7.67. The van der Waals surface area contributed by atoms with Crippen LogP contribution in [0.5, 0.6) is 0 Å². The fraction of sp³-hybridized carbons (Fsp3) is 0.438. The van der Waals surface area contributed by atoms with Crippen LogP contribution >= 0.6 is 0 Å². The molecule has 2 fully saturated rings. The third kappa shape index (κ3) is 5.88. The maximum atomic E-state index is 14.1. The fourth-order valence-electron chi connectivity index (χ4n) is 6.48. The van der Waals surface area contributed by atoms with Gasteiger partial charge in [0.15, 0.2) is 0 Å². The molecule has 5 nitrogen and oxygen atoms in total. The molecule has 44 heavy (non-hydrogen) atoms. The first kappa shape index (κ1) is 31.7. The van der Waals surface area contributed by atoms with Crippen LogP contribution in [0.25, 0.3) is 11.1 Å². The highest BCUT2D eigenvalue weighted by Crippen LogP contribution is 2.44. The van der Waals surface area contributed by atoms with Gasteiger partial charge in [0, 0.05) is 24.7 Å². The minimum absolute atomic E-state index is 0.0263. The minimum atomic E-state index is -5.07. The number of aliphatic hydroxyl groups excluding tert-OH is 1. The van der Waals surface area contributed by atoms with E-state index in [-0.39, 0.29) is 23.8 Å². The predicted molar refractivity (Wildman–Crippen MR) is 152 cm³/mol. The van der Waals surface area contributed by atoms with Gasteiger partial charge in [-0.3, -0.25) is 4.79 Å². The topological polar surface area (TPSA) is 56.7 Å². The number of carbonyl (C=O) groups is 1. The Labute approximate surface area is 250 Å². The van der Waals surface area contributed by atoms with E-state index in [1.807, 2.05) is 0 Å². The summed E-state index contributed by atoms with van der Waals surface area (Å²) in [4.78, 5) is 21.9. The van der Waals surface area contributed by atoms with Crippen molar-refractivity contribution < 1.29 is 40.6 Å². The van der Waals surface area contributed by atoms with E-state index < -0.39 is 52.3 Å². The van der Waals surface area contributed by atoms with E-state index in [0.717, 1.165) is 17.7 Å². The van der Waals surface area contributed by atoms with Gasteiger partial charge in [0.1, 0.15) is 11.6 Å². The second-order valence-corrected chi connectivity index (χ2v) is 12.2. The molecule has 1 amide bonds. The maximum absolute atomic E-state index is 14.1. The Morgan fingerprint density at radius 2 is 1.43 bits per heavy atom. The largest absolute Gasteiger partial charge is 0.416 e. The van der Waals surface area contributed by atoms with Crippen molar-refractivity contribution in [1.82, 2.24) is 4.98 Å². The molecular weight excluding hydrogens is 591 g/mol. The van der Waals surface area contributed by atoms with Crippen molar-refractivity contribution >= 4 is 17.4 Å². The maximum Gasteiger partial charge on any atom is 0.416 e. The van der Waals surface area contributed by atoms with Gasteiger partial charge in [-0.05, 0) is 99.5 Å². The van der Waals surface area contributed by atoms with Crippen LogP contribution in [0.3, 0.4) is 0 Å². The molecule has 3 aromatic rings. The number of hydrogen-bond acceptors (Lipinski definition) is 4. The molecule has 1 unspecified atom stereocenters. The zero-order valence-corrected chi connectivity index (χ0v) is 24.5. The van der Waals surface area contributed by atoms with Gasteiger partial charge in [-0.2, -0.15) is 26.3 Å². The second-order valence-electron chi connectivity index (χ2n) is 12.2. The zero-order chi connectivity index (χ0) is 32.4. The Kier molecular flexibility index (Phi) is 7.97. The van der Waals surface area contributed by atoms with Crippen LogP contribution < -0.4 is 9.80 Å². The first-order valence-corrected chi connectivity index (χ1v) is 14.2. The summed E-state index contributed by atoms with van der Waals surface area (Å²) in [5.74, 6) is -0.651. The number of likely N-dealkylation sites (N-methyl/N-ethyl adjacent to an activating group) is 1. The Balaban J connectivity index is 1.60. The van der Waals surface area contributed by atoms with Gasteiger partial charge in [-0.1, -0.05) is 6.07 Å². The molecule has 0 radical (unpaired) electrons. The van der Waals surface area contributed by atoms with Crippen molar-refractivity contribution in [2.75, 3.05) is 16.8 Å². The number of fused-ring (bicyclic) bond motifs is 2. The molecular formula is C32H32F7N3O2. The monoisotopic (exact) mass is 623 g/mol. The lowest BCUT2D eigenvalue weighted by Gasteiger charge is -2.38. The van der Waals surface area contributed by atoms with Crippen LogP contribution in [-0.2, 0) is 22.6 Å². The van der Waals surface area contributed by atoms with Crippen molar-refractivity contribution in [3.8, 4) is 11.1 Å². The van der Waals surface area contributed by atoms with E-state index in [9.17, 15) is 40.6 Å². The third-order valence-electron chi connectivity index (χ3n) is 8.83. The van der Waals surface area contributed by atoms with Crippen LogP contribution in [-0.4, -0.2) is 41.2 Å². The molecule has 1 aromatic heterocycles. The van der Waals surface area contributed by atoms with Gasteiger partial charge in [0.05, 0.1) is 34.5 Å². The summed E-state index contributed by atoms with van der Waals surface area (Å²) < 4.78 is 95.8. The van der Waals surface area contributed by atoms with Crippen LogP contribution in [0.2, 0.25) is 0 Å². The molecule has 2 aliphatic heterocycles. The second kappa shape index (κ2) is 11.0. The number of aryl methyl sites for hydroxylation is 1. The number of benzene rings is 2. The van der Waals surface area contributed by atoms with Crippen molar-refractivity contribution in [1.29, 1.82) is 0 Å². The average molecular weight is 624 g/mol. The molecule has 1 N–H and O–H groups in total. The van der Waals surface area contributed by atoms with Gasteiger partial charge in [-0.25, -0.2) is 9.37 Å². The summed E-state index contributed by atoms with van der Waals surface area (Å²) in [7, 11) is 1.38. The number of alkyl halides is 6. The lowest BCUT2D eigenvalue weighted by molar-refractivity contribution is -0.143. The molecule has 0 saturated carbocycles. The lowest BCUT2D eigenvalue weighted by atomic mass is 9.81. The van der Waals surface area contributed by atoms with E-state index in [2.05, 4.69) is 9.88 Å². The molecule has 0 spiro atoms. The summed E-state index contributed by atoms with van der Waals surface area (Å²) in [6, 6.07) is 7.18. The highest BCUT2D eigenvalue weighted by molar-refractivity contribution is 6.03. The first-order valence-electron chi connectivity index (χ1n) is 14.2. The van der Waals surface area contributed by atoms with Gasteiger partial charge in [0.25, 0.3) is 0 Å². The number of rotatable bonds is 5. The fourth-order valence-corrected chi connectivity index (χ4v) is 6.48. The van der Waals surface area contributed by atoms with E-state index in [1.165, 1.54) is 39.2 Å². The number of pyridine rings is 1. The molecule has 5 rings (SSSR count). The standard InChI is InChI=1S/C32H32F7N3O2/c1-17-9-21(33)5-8-25(17)26-15-28(42-22-6-7-23(42)14-24(43)13-22)40-16-27(26)41(4)29(44)30(2,3)18-10-19(31(34,35)36)12-20(11-18)32(37,38)39/h5,8-12,15-16,22-24,43H,6-7,13-14H2,1-4H3/t22-,23?,24-/m0/s1. The van der Waals surface area contributed by atoms with Crippen molar-refractivity contribution in [3.05, 3.63) is 76.7 Å². The third-order valence-corrected chi connectivity index (χ3v) is 8.83. The SMILES string of the molecule is Cc1cc(F)ccc1-c1cc(N2C3CC[C@H]2C[C@H](O)C3)ncc1N(C)C(=O)C(C)(C)c1cc(C(F)(F)F)cc(C(F)(F)F)c1. The number of halogens is 7. The number of aromatic nitrogens is 1. The number of nitrogens with zero attached hydrogens (tertiary/aromatic N) is 3. The van der Waals surface area contributed by atoms with Crippen LogP contribution in [0.4, 0.5) is 42.2 Å². The molecule has 236 valence electrons. The summed E-state index contributed by atoms with van der Waals surface area (Å²) in [6.45, 7) is 4.22. The Hall–Kier alpha value is -3.67. The van der Waals surface area contributed by atoms with Gasteiger partial charge in [-0.15, -0.1) is 0 Å². The number of aliphatic hydroxyl groups is 1. The average Bonchev–Trinajstić information content (AvgIpc) is 3.21. The number of piperidine rings is 1. The number of hydrogen-bond donors (Lipinski definition) is 1. The van der Waals surface area contributed by atoms with Gasteiger partial charge in [0.2, 0.25) is 5.91 Å². The normalized spacial score (nSPS) is 20.6. The number of amides is 1. The molecule has 2 saturated heterocycles. The lowest BCUT2D eigenvalue weighted by Crippen LogP contribution is -2.45. The highest BCUT2D eigenvalue weighted by atomic mass is 19.4. The number of anilines is 2. The minimum Gasteiger partial charge on any atom is -0.393 e. The van der Waals surface area contributed by atoms with E-state index in [4.69, 9.17) is 0 Å². The van der Waals surface area contributed by atoms with E-state index in [0.29, 0.717) is 47.5 Å². The molecule has 2 aromatic carbocycles. The summed E-state index contributed by atoms with van der Waals surface area (Å²) >= 11 is 0. The molecule has 2 bridgehead atoms. The Morgan fingerprint density at radius 1 is 0.886 bits per heavy atom. The highest BCUT2D eigenvalue weighted by Gasteiger charge is 2.43. The summed E-state index contributed by atoms with van der Waals surface area (Å²) in [5.41, 5.74) is -3.45. The van der Waals surface area contributed by atoms with Crippen molar-refractivity contribution in [3.63, 3.8) is 0 Å². The van der Waals surface area contributed by atoms with Gasteiger partial charge < -0.3 is 14.9 Å². The molecule has 3 heterocycles. The van der Waals surface area contributed by atoms with Crippen LogP contribution in [0.15, 0.2) is 48.7 Å². The van der Waals surface area contributed by atoms with E-state index >= 15 is 0 Å². The zero-order valence-electron chi connectivity index (χ0n) is 24.5. The van der Waals surface area contributed by atoms with Crippen molar-refractivity contribution in [2.45, 2.75) is 82.4 Å². The molecule has 0 aliphatic carbocycles. The Bertz CT molecular complexity index is 1540. The molecule has 12 heteroatoms. The van der Waals surface area contributed by atoms with Gasteiger partial charge >= 0.3 is 12.4 Å². The van der Waals surface area contributed by atoms with Crippen LogP contribution in [0.1, 0.15) is 61.8 Å². The molecule has 3 atom stereocenters. The van der Waals surface area contributed by atoms with Crippen LogP contribution in [0, 0.1) is 12.7 Å². The van der Waals surface area contributed by atoms with Crippen molar-refractivity contribution in [2.24, 2.45) is 0 Å². The smallest absolute Gasteiger partial charge is 0.393 e. The number of carbonyl (C=O) groups excluding carboxylic acids is 1. The quantitative estimate of drug-likeness (QED) is 0.297. The Morgan fingerprint density at radius 3 is 1.95 bits per heavy atom.